The Kier molecular flexibility index (Phi) is 19.8. The monoisotopic (exact) mass is 564 g/mol. The van der Waals surface area contributed by atoms with Gasteiger partial charge in [-0.25, -0.2) is 27.4 Å². The second-order valence-corrected chi connectivity index (χ2v) is 9.25. The van der Waals surface area contributed by atoms with Crippen molar-refractivity contribution in [1.29, 1.82) is 0 Å². The zero-order valence-corrected chi connectivity index (χ0v) is 26.0. The van der Waals surface area contributed by atoms with Crippen LogP contribution < -0.4 is 27.4 Å². The van der Waals surface area contributed by atoms with Crippen LogP contribution in [0.1, 0.15) is 0 Å². The van der Waals surface area contributed by atoms with E-state index >= 15 is 0 Å². The zero-order valence-electron chi connectivity index (χ0n) is 26.0. The molecule has 6 rings (SSSR count). The van der Waals surface area contributed by atoms with Crippen molar-refractivity contribution < 1.29 is 27.4 Å². The van der Waals surface area contributed by atoms with Crippen LogP contribution in [0.4, 0.5) is 0 Å². The molecule has 0 spiro atoms. The molecule has 42 heavy (non-hydrogen) atoms. The quantitative estimate of drug-likeness (QED) is 0.253. The third-order valence-corrected chi connectivity index (χ3v) is 5.19. The van der Waals surface area contributed by atoms with E-state index in [-0.39, 0.29) is 0 Å². The van der Waals surface area contributed by atoms with Crippen LogP contribution in [0.3, 0.4) is 0 Å². The van der Waals surface area contributed by atoms with E-state index < -0.39 is 0 Å². The third kappa shape index (κ3) is 21.8. The van der Waals surface area contributed by atoms with E-state index in [1.807, 2.05) is 253 Å². The fraction of sp³-hybridized carbons (Fsp3) is 0.167. The van der Waals surface area contributed by atoms with Crippen LogP contribution in [0.2, 0.25) is 0 Å². The van der Waals surface area contributed by atoms with E-state index in [4.69, 9.17) is 0 Å². The Labute approximate surface area is 253 Å². The molecule has 6 heteroatoms. The van der Waals surface area contributed by atoms with Crippen LogP contribution in [0.5, 0.6) is 0 Å². The second kappa shape index (κ2) is 23.8. The normalized spacial score (nSPS) is 8.71. The number of hydrogen-bond acceptors (Lipinski definition) is 0. The molecule has 0 saturated heterocycles. The molecular weight excluding hydrogens is 516 g/mol. The number of hydrogen-bond donors (Lipinski definition) is 0. The van der Waals surface area contributed by atoms with Crippen molar-refractivity contribution in [2.75, 3.05) is 0 Å². The average molecular weight is 565 g/mol. The molecule has 0 bridgehead atoms. The van der Waals surface area contributed by atoms with Gasteiger partial charge in [0.1, 0.15) is 42.3 Å². The average Bonchev–Trinajstić information content (AvgIpc) is 3.01. The third-order valence-electron chi connectivity index (χ3n) is 5.19. The molecule has 6 aromatic rings. The predicted octanol–water partition coefficient (Wildman–Crippen LogP) is 3.07. The first-order valence-corrected chi connectivity index (χ1v) is 13.8. The van der Waals surface area contributed by atoms with Gasteiger partial charge in [0.15, 0.2) is 74.4 Å². The Bertz CT molecular complexity index is 1100. The summed E-state index contributed by atoms with van der Waals surface area (Å²) in [5.74, 6) is 0. The Morgan fingerprint density at radius 1 is 0.167 bits per heavy atom. The number of aryl methyl sites for hydroxylation is 6. The lowest BCUT2D eigenvalue weighted by molar-refractivity contribution is -0.671. The summed E-state index contributed by atoms with van der Waals surface area (Å²) in [4.78, 5) is 0. The Morgan fingerprint density at radius 3 is 0.310 bits per heavy atom. The lowest BCUT2D eigenvalue weighted by Crippen LogP contribution is -2.25. The number of rotatable bonds is 0. The van der Waals surface area contributed by atoms with Crippen molar-refractivity contribution >= 4 is 0 Å². The molecule has 6 heterocycles. The smallest absolute Gasteiger partial charge is 0.168 e. The van der Waals surface area contributed by atoms with E-state index in [1.54, 1.807) is 0 Å². The fourth-order valence-corrected chi connectivity index (χ4v) is 2.91. The molecular formula is C36H48N6+6. The van der Waals surface area contributed by atoms with Gasteiger partial charge in [-0.3, -0.25) is 0 Å². The van der Waals surface area contributed by atoms with Gasteiger partial charge >= 0.3 is 0 Å². The first kappa shape index (κ1) is 34.9. The molecule has 6 aromatic heterocycles. The van der Waals surface area contributed by atoms with Crippen molar-refractivity contribution in [3.05, 3.63) is 184 Å². The first-order chi connectivity index (χ1) is 20.4. The SMILES string of the molecule is C[n+]1ccccc1.C[n+]1ccccc1.C[n+]1ccccc1.C[n+]1ccccc1.C[n+]1ccccc1.C[n+]1ccccc1. The molecule has 0 N–H and O–H groups in total. The standard InChI is InChI=1S/6C6H8N/c6*1-7-5-3-2-4-6-7/h6*2-6H,1H3/q6*+1. The molecule has 0 fully saturated rings. The van der Waals surface area contributed by atoms with Gasteiger partial charge in [-0.05, 0) is 0 Å². The summed E-state index contributed by atoms with van der Waals surface area (Å²) in [5.41, 5.74) is 0. The topological polar surface area (TPSA) is 23.3 Å². The molecule has 0 aliphatic rings. The summed E-state index contributed by atoms with van der Waals surface area (Å²) in [6.45, 7) is 0. The van der Waals surface area contributed by atoms with E-state index in [0.29, 0.717) is 0 Å². The van der Waals surface area contributed by atoms with Crippen LogP contribution in [0.15, 0.2) is 184 Å². The summed E-state index contributed by atoms with van der Waals surface area (Å²) in [7, 11) is 12.0. The summed E-state index contributed by atoms with van der Waals surface area (Å²) in [6.07, 6.45) is 24.0. The van der Waals surface area contributed by atoms with E-state index in [9.17, 15) is 0 Å². The van der Waals surface area contributed by atoms with Crippen LogP contribution in [-0.4, -0.2) is 0 Å². The summed E-state index contributed by atoms with van der Waals surface area (Å²) < 4.78 is 12.0. The van der Waals surface area contributed by atoms with Crippen LogP contribution in [0, 0.1) is 0 Å². The molecule has 0 radical (unpaired) electrons. The highest BCUT2D eigenvalue weighted by Gasteiger charge is 1.81. The summed E-state index contributed by atoms with van der Waals surface area (Å²) in [6, 6.07) is 36.0. The molecule has 0 amide bonds. The molecule has 6 nitrogen and oxygen atoms in total. The van der Waals surface area contributed by atoms with Gasteiger partial charge in [0.05, 0.1) is 0 Å². The number of nitrogens with zero attached hydrogens (tertiary/aromatic N) is 6. The van der Waals surface area contributed by atoms with Gasteiger partial charge in [-0.2, -0.15) is 0 Å². The minimum atomic E-state index is 2.00. The molecule has 0 aliphatic heterocycles. The van der Waals surface area contributed by atoms with Crippen molar-refractivity contribution in [3.8, 4) is 0 Å². The Balaban J connectivity index is 0.000000252. The summed E-state index contributed by atoms with van der Waals surface area (Å²) >= 11 is 0. The highest BCUT2D eigenvalue weighted by atomic mass is 14.9. The maximum Gasteiger partial charge on any atom is 0.168 e. The number of aromatic nitrogens is 6. The minimum Gasteiger partial charge on any atom is -0.208 e. The van der Waals surface area contributed by atoms with Crippen LogP contribution >= 0.6 is 0 Å². The number of pyridine rings is 6. The predicted molar refractivity (Wildman–Crippen MR) is 166 cm³/mol. The van der Waals surface area contributed by atoms with Gasteiger partial charge in [0.25, 0.3) is 0 Å². The van der Waals surface area contributed by atoms with E-state index in [0.717, 1.165) is 0 Å². The van der Waals surface area contributed by atoms with Crippen LogP contribution in [0.25, 0.3) is 0 Å². The van der Waals surface area contributed by atoms with Gasteiger partial charge in [-0.15, -0.1) is 0 Å². The lowest BCUT2D eigenvalue weighted by Gasteiger charge is -1.77. The minimum absolute atomic E-state index is 2.00. The van der Waals surface area contributed by atoms with E-state index in [2.05, 4.69) is 0 Å². The zero-order chi connectivity index (χ0) is 30.7. The van der Waals surface area contributed by atoms with Crippen molar-refractivity contribution in [2.24, 2.45) is 42.3 Å². The Hall–Kier alpha value is -5.10. The highest BCUT2D eigenvalue weighted by molar-refractivity contribution is 4.85. The van der Waals surface area contributed by atoms with Gasteiger partial charge < -0.3 is 0 Å². The summed E-state index contributed by atoms with van der Waals surface area (Å²) in [5, 5.41) is 0. The molecule has 0 atom stereocenters. The van der Waals surface area contributed by atoms with Crippen LogP contribution in [-0.2, 0) is 42.3 Å². The van der Waals surface area contributed by atoms with Crippen molar-refractivity contribution in [2.45, 2.75) is 0 Å². The van der Waals surface area contributed by atoms with Crippen molar-refractivity contribution in [1.82, 2.24) is 0 Å². The molecule has 0 aliphatic carbocycles. The van der Waals surface area contributed by atoms with Crippen molar-refractivity contribution in [3.63, 3.8) is 0 Å². The lowest BCUT2D eigenvalue weighted by atomic mass is 10.5. The first-order valence-electron chi connectivity index (χ1n) is 13.8. The maximum absolute atomic E-state index is 2.00. The molecule has 0 aromatic carbocycles. The fourth-order valence-electron chi connectivity index (χ4n) is 2.91. The maximum atomic E-state index is 2.00. The van der Waals surface area contributed by atoms with Gasteiger partial charge in [-0.1, -0.05) is 36.4 Å². The highest BCUT2D eigenvalue weighted by Crippen LogP contribution is 1.74. The Morgan fingerprint density at radius 2 is 0.262 bits per heavy atom. The van der Waals surface area contributed by atoms with Gasteiger partial charge in [0, 0.05) is 72.8 Å². The second-order valence-electron chi connectivity index (χ2n) is 9.25. The molecule has 0 unspecified atom stereocenters. The van der Waals surface area contributed by atoms with Gasteiger partial charge in [0.2, 0.25) is 0 Å². The largest absolute Gasteiger partial charge is 0.208 e. The molecule has 0 saturated carbocycles. The molecule has 216 valence electrons. The van der Waals surface area contributed by atoms with E-state index in [1.165, 1.54) is 0 Å².